The standard InChI is InChI=1S/C24H26BrN3O3/c1-13-5-4-6-19(14(13)2)27-24(30)20-11-17(12-26-20)23(29)21-15(3)31-28-22(21)16-7-9-18(25)10-8-16/h7-14,19,26H,4-6H2,1-3H3,(H,27,30). The molecule has 1 amide bonds. The van der Waals surface area contributed by atoms with Gasteiger partial charge in [-0.05, 0) is 43.4 Å². The lowest BCUT2D eigenvalue weighted by molar-refractivity contribution is 0.0886. The van der Waals surface area contributed by atoms with E-state index in [2.05, 4.69) is 45.2 Å². The number of hydrogen-bond acceptors (Lipinski definition) is 4. The van der Waals surface area contributed by atoms with E-state index in [1.165, 1.54) is 6.42 Å². The molecule has 162 valence electrons. The van der Waals surface area contributed by atoms with Gasteiger partial charge in [-0.15, -0.1) is 0 Å². The van der Waals surface area contributed by atoms with Gasteiger partial charge in [0.25, 0.3) is 5.91 Å². The number of aromatic nitrogens is 2. The Bertz CT molecular complexity index is 1100. The summed E-state index contributed by atoms with van der Waals surface area (Å²) in [6, 6.07) is 9.29. The molecule has 0 spiro atoms. The summed E-state index contributed by atoms with van der Waals surface area (Å²) in [5.41, 5.74) is 2.47. The Hall–Kier alpha value is -2.67. The zero-order valence-electron chi connectivity index (χ0n) is 17.9. The highest BCUT2D eigenvalue weighted by atomic mass is 79.9. The maximum Gasteiger partial charge on any atom is 0.267 e. The van der Waals surface area contributed by atoms with Crippen molar-refractivity contribution >= 4 is 27.6 Å². The Labute approximate surface area is 189 Å². The number of benzene rings is 1. The summed E-state index contributed by atoms with van der Waals surface area (Å²) in [6.45, 7) is 6.14. The molecule has 3 aromatic rings. The van der Waals surface area contributed by atoms with Crippen LogP contribution in [-0.4, -0.2) is 27.9 Å². The van der Waals surface area contributed by atoms with Crippen molar-refractivity contribution in [2.75, 3.05) is 0 Å². The van der Waals surface area contributed by atoms with Gasteiger partial charge in [0.15, 0.2) is 5.78 Å². The van der Waals surface area contributed by atoms with Crippen molar-refractivity contribution in [3.63, 3.8) is 0 Å². The molecule has 2 aromatic heterocycles. The number of aryl methyl sites for hydroxylation is 1. The van der Waals surface area contributed by atoms with Crippen LogP contribution in [0, 0.1) is 18.8 Å². The number of amides is 1. The van der Waals surface area contributed by atoms with Gasteiger partial charge in [0, 0.05) is 27.8 Å². The van der Waals surface area contributed by atoms with Crippen LogP contribution in [0.1, 0.15) is 65.3 Å². The SMILES string of the molecule is Cc1onc(-c2ccc(Br)cc2)c1C(=O)c1c[nH]c(C(=O)NC2CCCC(C)C2C)c1. The minimum Gasteiger partial charge on any atom is -0.360 e. The van der Waals surface area contributed by atoms with Crippen LogP contribution in [-0.2, 0) is 0 Å². The molecule has 31 heavy (non-hydrogen) atoms. The molecule has 4 rings (SSSR count). The molecule has 3 unspecified atom stereocenters. The molecule has 6 nitrogen and oxygen atoms in total. The molecule has 1 aliphatic rings. The molecule has 1 aliphatic carbocycles. The normalized spacial score (nSPS) is 21.1. The van der Waals surface area contributed by atoms with Gasteiger partial charge in [-0.1, -0.05) is 59.9 Å². The second-order valence-electron chi connectivity index (χ2n) is 8.45. The first-order valence-corrected chi connectivity index (χ1v) is 11.4. The van der Waals surface area contributed by atoms with Gasteiger partial charge < -0.3 is 14.8 Å². The maximum atomic E-state index is 13.2. The van der Waals surface area contributed by atoms with Crippen molar-refractivity contribution in [2.45, 2.75) is 46.1 Å². The fourth-order valence-electron chi connectivity index (χ4n) is 4.28. The third-order valence-corrected chi connectivity index (χ3v) is 6.95. The zero-order chi connectivity index (χ0) is 22.1. The van der Waals surface area contributed by atoms with Crippen molar-refractivity contribution in [2.24, 2.45) is 11.8 Å². The minimum absolute atomic E-state index is 0.156. The molecular formula is C24H26BrN3O3. The number of carbonyl (C=O) groups excluding carboxylic acids is 2. The number of nitrogens with zero attached hydrogens (tertiary/aromatic N) is 1. The largest absolute Gasteiger partial charge is 0.360 e. The molecule has 1 aromatic carbocycles. The molecule has 0 bridgehead atoms. The van der Waals surface area contributed by atoms with Crippen LogP contribution in [0.2, 0.25) is 0 Å². The van der Waals surface area contributed by atoms with Crippen LogP contribution in [0.15, 0.2) is 45.5 Å². The summed E-state index contributed by atoms with van der Waals surface area (Å²) in [5, 5.41) is 7.24. The van der Waals surface area contributed by atoms with Gasteiger partial charge in [-0.2, -0.15) is 0 Å². The topological polar surface area (TPSA) is 88.0 Å². The lowest BCUT2D eigenvalue weighted by atomic mass is 9.78. The number of rotatable bonds is 5. The highest BCUT2D eigenvalue weighted by molar-refractivity contribution is 9.10. The smallest absolute Gasteiger partial charge is 0.267 e. The summed E-state index contributed by atoms with van der Waals surface area (Å²) in [7, 11) is 0. The number of carbonyl (C=O) groups is 2. The van der Waals surface area contributed by atoms with E-state index in [0.29, 0.717) is 40.1 Å². The fourth-order valence-corrected chi connectivity index (χ4v) is 4.54. The number of aromatic amines is 1. The second-order valence-corrected chi connectivity index (χ2v) is 9.36. The number of hydrogen-bond donors (Lipinski definition) is 2. The molecule has 1 saturated carbocycles. The molecular weight excluding hydrogens is 458 g/mol. The predicted molar refractivity (Wildman–Crippen MR) is 122 cm³/mol. The molecule has 7 heteroatoms. The maximum absolute atomic E-state index is 13.2. The number of ketones is 1. The van der Waals surface area contributed by atoms with E-state index in [4.69, 9.17) is 4.52 Å². The van der Waals surface area contributed by atoms with Crippen LogP contribution >= 0.6 is 15.9 Å². The minimum atomic E-state index is -0.230. The Morgan fingerprint density at radius 1 is 1.19 bits per heavy atom. The zero-order valence-corrected chi connectivity index (χ0v) is 19.5. The van der Waals surface area contributed by atoms with Crippen LogP contribution in [0.4, 0.5) is 0 Å². The Morgan fingerprint density at radius 2 is 1.94 bits per heavy atom. The van der Waals surface area contributed by atoms with Crippen molar-refractivity contribution in [1.82, 2.24) is 15.5 Å². The number of H-pyrrole nitrogens is 1. The molecule has 3 atom stereocenters. The van der Waals surface area contributed by atoms with E-state index >= 15 is 0 Å². The molecule has 0 radical (unpaired) electrons. The lowest BCUT2D eigenvalue weighted by Crippen LogP contribution is -2.43. The van der Waals surface area contributed by atoms with Crippen LogP contribution in [0.3, 0.4) is 0 Å². The average Bonchev–Trinajstić information content (AvgIpc) is 3.39. The Morgan fingerprint density at radius 3 is 2.68 bits per heavy atom. The van der Waals surface area contributed by atoms with E-state index < -0.39 is 0 Å². The molecule has 0 saturated heterocycles. The fraction of sp³-hybridized carbons (Fsp3) is 0.375. The van der Waals surface area contributed by atoms with Crippen molar-refractivity contribution in [1.29, 1.82) is 0 Å². The first-order chi connectivity index (χ1) is 14.8. The summed E-state index contributed by atoms with van der Waals surface area (Å²) in [6.07, 6.45) is 4.88. The molecule has 1 fully saturated rings. The van der Waals surface area contributed by atoms with E-state index in [9.17, 15) is 9.59 Å². The highest BCUT2D eigenvalue weighted by Crippen LogP contribution is 2.30. The van der Waals surface area contributed by atoms with Crippen LogP contribution < -0.4 is 5.32 Å². The van der Waals surface area contributed by atoms with E-state index in [1.807, 2.05) is 24.3 Å². The Balaban J connectivity index is 1.54. The van der Waals surface area contributed by atoms with E-state index in [0.717, 1.165) is 22.9 Å². The van der Waals surface area contributed by atoms with Crippen LogP contribution in [0.5, 0.6) is 0 Å². The van der Waals surface area contributed by atoms with E-state index in [1.54, 1.807) is 19.2 Å². The van der Waals surface area contributed by atoms with Gasteiger partial charge in [0.2, 0.25) is 0 Å². The molecule has 0 aliphatic heterocycles. The van der Waals surface area contributed by atoms with Crippen molar-refractivity contribution < 1.29 is 14.1 Å². The van der Waals surface area contributed by atoms with Gasteiger partial charge in [-0.25, -0.2) is 0 Å². The first kappa shape index (κ1) is 21.6. The van der Waals surface area contributed by atoms with Crippen molar-refractivity contribution in [3.05, 3.63) is 63.6 Å². The van der Waals surface area contributed by atoms with Gasteiger partial charge in [0.1, 0.15) is 17.1 Å². The summed E-state index contributed by atoms with van der Waals surface area (Å²) in [5.74, 6) is 1.06. The quantitative estimate of drug-likeness (QED) is 0.467. The predicted octanol–water partition coefficient (Wildman–Crippen LogP) is 5.53. The first-order valence-electron chi connectivity index (χ1n) is 10.6. The van der Waals surface area contributed by atoms with E-state index in [-0.39, 0.29) is 17.7 Å². The molecule has 2 heterocycles. The Kier molecular flexibility index (Phi) is 6.14. The summed E-state index contributed by atoms with van der Waals surface area (Å²) >= 11 is 3.41. The van der Waals surface area contributed by atoms with Gasteiger partial charge >= 0.3 is 0 Å². The third kappa shape index (κ3) is 4.37. The number of halogens is 1. The van der Waals surface area contributed by atoms with Gasteiger partial charge in [-0.3, -0.25) is 9.59 Å². The summed E-state index contributed by atoms with van der Waals surface area (Å²) < 4.78 is 6.26. The number of nitrogens with one attached hydrogen (secondary N) is 2. The van der Waals surface area contributed by atoms with Gasteiger partial charge in [0.05, 0.1) is 5.56 Å². The average molecular weight is 484 g/mol. The van der Waals surface area contributed by atoms with Crippen molar-refractivity contribution in [3.8, 4) is 11.3 Å². The second kappa shape index (κ2) is 8.83. The summed E-state index contributed by atoms with van der Waals surface area (Å²) in [4.78, 5) is 29.0. The third-order valence-electron chi connectivity index (χ3n) is 6.42. The highest BCUT2D eigenvalue weighted by Gasteiger charge is 2.29. The molecule has 2 N–H and O–H groups in total. The monoisotopic (exact) mass is 483 g/mol. The van der Waals surface area contributed by atoms with Crippen LogP contribution in [0.25, 0.3) is 11.3 Å². The lowest BCUT2D eigenvalue weighted by Gasteiger charge is -2.34.